The lowest BCUT2D eigenvalue weighted by Crippen LogP contribution is -2.41. The average molecular weight is 364 g/mol. The molecular weight excluding hydrogens is 332 g/mol. The largest absolute Gasteiger partial charge is 0.494 e. The Morgan fingerprint density at radius 3 is 2.58 bits per heavy atom. The molecule has 1 aromatic carbocycles. The van der Waals surface area contributed by atoms with Crippen LogP contribution in [0.4, 0.5) is 5.69 Å². The summed E-state index contributed by atoms with van der Waals surface area (Å²) in [6, 6.07) is 7.48. The van der Waals surface area contributed by atoms with Crippen LogP contribution in [0.25, 0.3) is 0 Å². The van der Waals surface area contributed by atoms with Gasteiger partial charge in [-0.3, -0.25) is 9.69 Å². The molecule has 1 fully saturated rings. The molecule has 26 heavy (non-hydrogen) atoms. The van der Waals surface area contributed by atoms with Gasteiger partial charge in [-0.2, -0.15) is 0 Å². The number of benzene rings is 1. The van der Waals surface area contributed by atoms with Gasteiger partial charge in [-0.25, -0.2) is 0 Å². The van der Waals surface area contributed by atoms with E-state index in [-0.39, 0.29) is 5.91 Å². The summed E-state index contributed by atoms with van der Waals surface area (Å²) in [5, 5.41) is 2.92. The van der Waals surface area contributed by atoms with Crippen LogP contribution >= 0.6 is 0 Å². The lowest BCUT2D eigenvalue weighted by Gasteiger charge is -2.26. The first-order chi connectivity index (χ1) is 12.6. The van der Waals surface area contributed by atoms with Crippen molar-refractivity contribution in [3.63, 3.8) is 0 Å². The minimum Gasteiger partial charge on any atom is -0.494 e. The molecule has 2 rings (SSSR count). The van der Waals surface area contributed by atoms with Gasteiger partial charge < -0.3 is 19.5 Å². The van der Waals surface area contributed by atoms with Crippen LogP contribution in [-0.2, 0) is 14.3 Å². The first kappa shape index (κ1) is 20.7. The highest BCUT2D eigenvalue weighted by molar-refractivity contribution is 5.97. The fraction of sp³-hybridized carbons (Fsp3) is 0.650. The SMILES string of the molecule is CCC[C@@](C)(OC)C(=O)Nc1ccc(OCCCN2CCOCC2)cc1. The van der Waals surface area contributed by atoms with Crippen LogP contribution in [0.2, 0.25) is 0 Å². The Kier molecular flexibility index (Phi) is 8.35. The van der Waals surface area contributed by atoms with E-state index in [2.05, 4.69) is 10.2 Å². The van der Waals surface area contributed by atoms with Gasteiger partial charge in [0.05, 0.1) is 19.8 Å². The number of nitrogens with one attached hydrogen (secondary N) is 1. The first-order valence-corrected chi connectivity index (χ1v) is 9.47. The van der Waals surface area contributed by atoms with Gasteiger partial charge in [0.15, 0.2) is 0 Å². The second kappa shape index (κ2) is 10.5. The predicted octanol–water partition coefficient (Wildman–Crippen LogP) is 2.93. The zero-order valence-corrected chi connectivity index (χ0v) is 16.3. The van der Waals surface area contributed by atoms with Gasteiger partial charge in [-0.15, -0.1) is 0 Å². The predicted molar refractivity (Wildman–Crippen MR) is 103 cm³/mol. The summed E-state index contributed by atoms with van der Waals surface area (Å²) >= 11 is 0. The van der Waals surface area contributed by atoms with Gasteiger partial charge in [0, 0.05) is 32.4 Å². The number of nitrogens with zero attached hydrogens (tertiary/aromatic N) is 1. The molecule has 1 atom stereocenters. The number of hydrogen-bond acceptors (Lipinski definition) is 5. The summed E-state index contributed by atoms with van der Waals surface area (Å²) < 4.78 is 16.5. The number of rotatable bonds is 10. The van der Waals surface area contributed by atoms with Crippen LogP contribution in [-0.4, -0.2) is 63.0 Å². The normalized spacial score (nSPS) is 17.5. The highest BCUT2D eigenvalue weighted by atomic mass is 16.5. The van der Waals surface area contributed by atoms with Gasteiger partial charge >= 0.3 is 0 Å². The van der Waals surface area contributed by atoms with Crippen molar-refractivity contribution in [3.05, 3.63) is 24.3 Å². The average Bonchev–Trinajstić information content (AvgIpc) is 2.67. The van der Waals surface area contributed by atoms with E-state index < -0.39 is 5.60 Å². The maximum atomic E-state index is 12.4. The summed E-state index contributed by atoms with van der Waals surface area (Å²) in [5.41, 5.74) is -0.0568. The summed E-state index contributed by atoms with van der Waals surface area (Å²) in [5.74, 6) is 0.689. The van der Waals surface area contributed by atoms with E-state index >= 15 is 0 Å². The van der Waals surface area contributed by atoms with E-state index in [1.165, 1.54) is 0 Å². The lowest BCUT2D eigenvalue weighted by molar-refractivity contribution is -0.136. The number of morpholine rings is 1. The number of amides is 1. The van der Waals surface area contributed by atoms with Gasteiger partial charge in [0.2, 0.25) is 0 Å². The molecule has 1 saturated heterocycles. The summed E-state index contributed by atoms with van der Waals surface area (Å²) in [4.78, 5) is 14.8. The molecule has 0 aliphatic carbocycles. The van der Waals surface area contributed by atoms with Gasteiger partial charge in [0.1, 0.15) is 11.4 Å². The third-order valence-corrected chi connectivity index (χ3v) is 4.76. The van der Waals surface area contributed by atoms with Gasteiger partial charge in [-0.05, 0) is 44.0 Å². The molecule has 146 valence electrons. The van der Waals surface area contributed by atoms with E-state index in [1.54, 1.807) is 7.11 Å². The maximum Gasteiger partial charge on any atom is 0.256 e. The highest BCUT2D eigenvalue weighted by Gasteiger charge is 2.32. The summed E-state index contributed by atoms with van der Waals surface area (Å²) in [6.45, 7) is 9.24. The Labute approximate surface area is 156 Å². The van der Waals surface area contributed by atoms with Crippen molar-refractivity contribution in [3.8, 4) is 5.75 Å². The standard InChI is InChI=1S/C20H32N2O4/c1-4-10-20(2,24-3)19(23)21-17-6-8-18(9-7-17)26-14-5-11-22-12-15-25-16-13-22/h6-9H,4-5,10-16H2,1-3H3,(H,21,23)/t20-/m1/s1. The molecule has 1 amide bonds. The molecule has 0 saturated carbocycles. The van der Waals surface area contributed by atoms with Crippen LogP contribution in [0.3, 0.4) is 0 Å². The van der Waals surface area contributed by atoms with Crippen LogP contribution in [0.15, 0.2) is 24.3 Å². The Morgan fingerprint density at radius 2 is 1.96 bits per heavy atom. The molecule has 1 N–H and O–H groups in total. The smallest absolute Gasteiger partial charge is 0.256 e. The van der Waals surface area contributed by atoms with Crippen LogP contribution in [0, 0.1) is 0 Å². The number of carbonyl (C=O) groups excluding carboxylic acids is 1. The first-order valence-electron chi connectivity index (χ1n) is 9.47. The molecule has 6 nitrogen and oxygen atoms in total. The molecular formula is C20H32N2O4. The van der Waals surface area contributed by atoms with E-state index in [9.17, 15) is 4.79 Å². The molecule has 0 spiro atoms. The number of hydrogen-bond donors (Lipinski definition) is 1. The maximum absolute atomic E-state index is 12.4. The second-order valence-electron chi connectivity index (χ2n) is 6.82. The zero-order valence-electron chi connectivity index (χ0n) is 16.3. The fourth-order valence-electron chi connectivity index (χ4n) is 2.99. The summed E-state index contributed by atoms with van der Waals surface area (Å²) in [7, 11) is 1.57. The quantitative estimate of drug-likeness (QED) is 0.647. The number of anilines is 1. The Morgan fingerprint density at radius 1 is 1.27 bits per heavy atom. The monoisotopic (exact) mass is 364 g/mol. The third kappa shape index (κ3) is 6.27. The molecule has 1 heterocycles. The topological polar surface area (TPSA) is 60.0 Å². The van der Waals surface area contributed by atoms with Crippen molar-refractivity contribution in [2.24, 2.45) is 0 Å². The van der Waals surface area contributed by atoms with Crippen LogP contribution in [0.5, 0.6) is 5.75 Å². The molecule has 6 heteroatoms. The van der Waals surface area contributed by atoms with Crippen molar-refractivity contribution in [2.45, 2.75) is 38.7 Å². The number of ether oxygens (including phenoxy) is 3. The molecule has 1 aliphatic heterocycles. The molecule has 0 aromatic heterocycles. The Balaban J connectivity index is 1.74. The van der Waals surface area contributed by atoms with Crippen LogP contribution < -0.4 is 10.1 Å². The second-order valence-corrected chi connectivity index (χ2v) is 6.82. The number of methoxy groups -OCH3 is 1. The van der Waals surface area contributed by atoms with Crippen LogP contribution in [0.1, 0.15) is 33.1 Å². The molecule has 1 aromatic rings. The minimum absolute atomic E-state index is 0.124. The minimum atomic E-state index is -0.802. The number of carbonyl (C=O) groups is 1. The highest BCUT2D eigenvalue weighted by Crippen LogP contribution is 2.21. The molecule has 0 unspecified atom stereocenters. The molecule has 0 bridgehead atoms. The van der Waals surface area contributed by atoms with Crippen molar-refractivity contribution in [2.75, 3.05) is 51.9 Å². The zero-order chi connectivity index (χ0) is 18.8. The van der Waals surface area contributed by atoms with Crippen molar-refractivity contribution in [1.82, 2.24) is 4.90 Å². The van der Waals surface area contributed by atoms with E-state index in [1.807, 2.05) is 38.1 Å². The molecule has 1 aliphatic rings. The Hall–Kier alpha value is -1.63. The fourth-order valence-corrected chi connectivity index (χ4v) is 2.99. The van der Waals surface area contributed by atoms with Gasteiger partial charge in [0.25, 0.3) is 5.91 Å². The Bertz CT molecular complexity index is 543. The van der Waals surface area contributed by atoms with E-state index in [0.717, 1.165) is 57.1 Å². The van der Waals surface area contributed by atoms with Gasteiger partial charge in [-0.1, -0.05) is 13.3 Å². The van der Waals surface area contributed by atoms with E-state index in [4.69, 9.17) is 14.2 Å². The molecule has 0 radical (unpaired) electrons. The summed E-state index contributed by atoms with van der Waals surface area (Å²) in [6.07, 6.45) is 2.55. The van der Waals surface area contributed by atoms with Crippen molar-refractivity contribution < 1.29 is 19.0 Å². The third-order valence-electron chi connectivity index (χ3n) is 4.76. The van der Waals surface area contributed by atoms with Crippen molar-refractivity contribution in [1.29, 1.82) is 0 Å². The van der Waals surface area contributed by atoms with E-state index in [0.29, 0.717) is 13.0 Å². The lowest BCUT2D eigenvalue weighted by atomic mass is 9.99. The van der Waals surface area contributed by atoms with Crippen molar-refractivity contribution >= 4 is 11.6 Å².